The van der Waals surface area contributed by atoms with Crippen LogP contribution in [0.1, 0.15) is 69.6 Å². The molecule has 0 radical (unpaired) electrons. The number of amides is 1. The van der Waals surface area contributed by atoms with Gasteiger partial charge >= 0.3 is 5.97 Å². The average molecular weight is 405 g/mol. The Hall–Kier alpha value is -3.48. The van der Waals surface area contributed by atoms with E-state index in [4.69, 9.17) is 9.26 Å². The Morgan fingerprint density at radius 2 is 1.93 bits per heavy atom. The number of hydrogen-bond acceptors (Lipinski definition) is 6. The third-order valence-corrected chi connectivity index (χ3v) is 5.18. The molecule has 7 nitrogen and oxygen atoms in total. The van der Waals surface area contributed by atoms with Crippen molar-refractivity contribution in [1.82, 2.24) is 15.5 Å². The predicted octanol–water partition coefficient (Wildman–Crippen LogP) is 3.96. The second kappa shape index (κ2) is 8.10. The number of nitrogens with one attached hydrogen (secondary N) is 1. The minimum absolute atomic E-state index is 0.0591. The lowest BCUT2D eigenvalue weighted by Crippen LogP contribution is -2.32. The van der Waals surface area contributed by atoms with Gasteiger partial charge in [0, 0.05) is 12.0 Å². The highest BCUT2D eigenvalue weighted by molar-refractivity contribution is 5.98. The standard InChI is InChI=1S/C23H23N3O4/c1-13(2)20(22-24-14(3)26-30-22)25-21(27)16-9-10-18-17(11-16)12-19(29-23(18)28)15-7-5-4-6-8-15/h4-11,13,19-20H,12H2,1-3H3,(H,25,27)/t19-,20-/m1/s1. The number of rotatable bonds is 5. The van der Waals surface area contributed by atoms with Gasteiger partial charge < -0.3 is 14.6 Å². The summed E-state index contributed by atoms with van der Waals surface area (Å²) in [4.78, 5) is 29.6. The number of benzene rings is 2. The molecule has 154 valence electrons. The van der Waals surface area contributed by atoms with Crippen LogP contribution in [-0.4, -0.2) is 22.0 Å². The number of hydrogen-bond donors (Lipinski definition) is 1. The van der Waals surface area contributed by atoms with Crippen LogP contribution in [0.2, 0.25) is 0 Å². The molecule has 0 bridgehead atoms. The maximum atomic E-state index is 12.9. The summed E-state index contributed by atoms with van der Waals surface area (Å²) in [6.45, 7) is 5.67. The summed E-state index contributed by atoms with van der Waals surface area (Å²) in [6.07, 6.45) is 0.150. The first kappa shape index (κ1) is 19.8. The van der Waals surface area contributed by atoms with Crippen LogP contribution in [-0.2, 0) is 11.2 Å². The molecule has 1 N–H and O–H groups in total. The fourth-order valence-electron chi connectivity index (χ4n) is 3.57. The topological polar surface area (TPSA) is 94.3 Å². The summed E-state index contributed by atoms with van der Waals surface area (Å²) in [5.41, 5.74) is 2.68. The summed E-state index contributed by atoms with van der Waals surface area (Å²) < 4.78 is 10.8. The number of ether oxygens (including phenoxy) is 1. The van der Waals surface area contributed by atoms with E-state index in [0.717, 1.165) is 11.1 Å². The molecule has 2 aromatic carbocycles. The maximum Gasteiger partial charge on any atom is 0.339 e. The molecule has 1 aliphatic rings. The molecule has 0 spiro atoms. The first-order valence-electron chi connectivity index (χ1n) is 9.92. The molecule has 0 aliphatic carbocycles. The number of nitrogens with zero attached hydrogens (tertiary/aromatic N) is 2. The molecule has 1 aromatic heterocycles. The number of fused-ring (bicyclic) bond motifs is 1. The average Bonchev–Trinajstić information content (AvgIpc) is 3.17. The van der Waals surface area contributed by atoms with Gasteiger partial charge in [-0.15, -0.1) is 0 Å². The van der Waals surface area contributed by atoms with Crippen LogP contribution in [0.5, 0.6) is 0 Å². The molecule has 0 saturated carbocycles. The van der Waals surface area contributed by atoms with E-state index in [-0.39, 0.29) is 23.9 Å². The number of cyclic esters (lactones) is 1. The van der Waals surface area contributed by atoms with Crippen LogP contribution >= 0.6 is 0 Å². The van der Waals surface area contributed by atoms with Crippen LogP contribution in [0.4, 0.5) is 0 Å². The Morgan fingerprint density at radius 3 is 2.60 bits per heavy atom. The zero-order valence-corrected chi connectivity index (χ0v) is 17.1. The zero-order chi connectivity index (χ0) is 21.3. The van der Waals surface area contributed by atoms with Gasteiger partial charge in [-0.25, -0.2) is 4.79 Å². The Morgan fingerprint density at radius 1 is 1.17 bits per heavy atom. The highest BCUT2D eigenvalue weighted by atomic mass is 16.5. The zero-order valence-electron chi connectivity index (χ0n) is 17.1. The molecular formula is C23H23N3O4. The van der Waals surface area contributed by atoms with E-state index < -0.39 is 6.04 Å². The minimum atomic E-state index is -0.406. The summed E-state index contributed by atoms with van der Waals surface area (Å²) in [6, 6.07) is 14.2. The lowest BCUT2D eigenvalue weighted by atomic mass is 9.93. The van der Waals surface area contributed by atoms with Crippen molar-refractivity contribution in [3.8, 4) is 0 Å². The van der Waals surface area contributed by atoms with Gasteiger partial charge in [0.25, 0.3) is 5.91 Å². The van der Waals surface area contributed by atoms with E-state index in [0.29, 0.717) is 29.3 Å². The van der Waals surface area contributed by atoms with E-state index >= 15 is 0 Å². The van der Waals surface area contributed by atoms with Gasteiger partial charge in [0.1, 0.15) is 12.1 Å². The fraction of sp³-hybridized carbons (Fsp3) is 0.304. The molecule has 7 heteroatoms. The van der Waals surface area contributed by atoms with Crippen molar-refractivity contribution in [2.75, 3.05) is 0 Å². The van der Waals surface area contributed by atoms with Gasteiger partial charge in [-0.05, 0) is 42.2 Å². The normalized spacial score (nSPS) is 16.7. The van der Waals surface area contributed by atoms with Crippen molar-refractivity contribution < 1.29 is 18.8 Å². The maximum absolute atomic E-state index is 12.9. The molecule has 2 atom stereocenters. The third-order valence-electron chi connectivity index (χ3n) is 5.18. The molecule has 2 heterocycles. The number of aromatic nitrogens is 2. The third kappa shape index (κ3) is 3.96. The number of carbonyl (C=O) groups excluding carboxylic acids is 2. The van der Waals surface area contributed by atoms with Crippen LogP contribution in [0.25, 0.3) is 0 Å². The first-order valence-corrected chi connectivity index (χ1v) is 9.92. The van der Waals surface area contributed by atoms with Gasteiger partial charge in [0.15, 0.2) is 5.82 Å². The predicted molar refractivity (Wildman–Crippen MR) is 109 cm³/mol. The number of esters is 1. The molecule has 30 heavy (non-hydrogen) atoms. The Labute approximate surface area is 174 Å². The molecule has 3 aromatic rings. The van der Waals surface area contributed by atoms with E-state index in [9.17, 15) is 9.59 Å². The van der Waals surface area contributed by atoms with Gasteiger partial charge in [-0.1, -0.05) is 49.3 Å². The van der Waals surface area contributed by atoms with Crippen LogP contribution < -0.4 is 5.32 Å². The van der Waals surface area contributed by atoms with Crippen LogP contribution in [0.3, 0.4) is 0 Å². The van der Waals surface area contributed by atoms with Gasteiger partial charge in [-0.2, -0.15) is 4.98 Å². The molecule has 1 amide bonds. The molecule has 0 unspecified atom stereocenters. The fourth-order valence-corrected chi connectivity index (χ4v) is 3.57. The second-order valence-electron chi connectivity index (χ2n) is 7.76. The molecular weight excluding hydrogens is 382 g/mol. The van der Waals surface area contributed by atoms with Crippen LogP contribution in [0.15, 0.2) is 53.1 Å². The molecule has 0 saturated heterocycles. The van der Waals surface area contributed by atoms with Crippen molar-refractivity contribution in [1.29, 1.82) is 0 Å². The summed E-state index contributed by atoms with van der Waals surface area (Å²) in [7, 11) is 0. The monoisotopic (exact) mass is 405 g/mol. The summed E-state index contributed by atoms with van der Waals surface area (Å²) in [5, 5.41) is 6.79. The Balaban J connectivity index is 1.57. The van der Waals surface area contributed by atoms with E-state index in [2.05, 4.69) is 15.5 Å². The second-order valence-corrected chi connectivity index (χ2v) is 7.76. The van der Waals surface area contributed by atoms with Gasteiger partial charge in [0.05, 0.1) is 5.56 Å². The van der Waals surface area contributed by atoms with E-state index in [1.807, 2.05) is 44.2 Å². The largest absolute Gasteiger partial charge is 0.454 e. The molecule has 1 aliphatic heterocycles. The SMILES string of the molecule is Cc1noc([C@H](NC(=O)c2ccc3c(c2)C[C@H](c2ccccc2)OC3=O)C(C)C)n1. The van der Waals surface area contributed by atoms with Crippen molar-refractivity contribution in [2.24, 2.45) is 5.92 Å². The quantitative estimate of drug-likeness (QED) is 0.646. The highest BCUT2D eigenvalue weighted by Crippen LogP contribution is 2.31. The van der Waals surface area contributed by atoms with Crippen molar-refractivity contribution in [3.05, 3.63) is 82.5 Å². The Kier molecular flexibility index (Phi) is 5.35. The number of aryl methyl sites for hydroxylation is 1. The van der Waals surface area contributed by atoms with E-state index in [1.54, 1.807) is 25.1 Å². The van der Waals surface area contributed by atoms with Crippen molar-refractivity contribution in [2.45, 2.75) is 39.3 Å². The Bertz CT molecular complexity index is 1080. The van der Waals surface area contributed by atoms with Gasteiger partial charge in [-0.3, -0.25) is 4.79 Å². The smallest absolute Gasteiger partial charge is 0.339 e. The lowest BCUT2D eigenvalue weighted by Gasteiger charge is -2.25. The summed E-state index contributed by atoms with van der Waals surface area (Å²) >= 11 is 0. The lowest BCUT2D eigenvalue weighted by molar-refractivity contribution is 0.0252. The number of carbonyl (C=O) groups is 2. The first-order chi connectivity index (χ1) is 14.4. The van der Waals surface area contributed by atoms with Crippen molar-refractivity contribution >= 4 is 11.9 Å². The summed E-state index contributed by atoms with van der Waals surface area (Å²) in [5.74, 6) is 0.315. The van der Waals surface area contributed by atoms with Gasteiger partial charge in [0.2, 0.25) is 5.89 Å². The van der Waals surface area contributed by atoms with E-state index in [1.165, 1.54) is 0 Å². The van der Waals surface area contributed by atoms with Crippen molar-refractivity contribution in [3.63, 3.8) is 0 Å². The minimum Gasteiger partial charge on any atom is -0.454 e. The molecule has 4 rings (SSSR count). The highest BCUT2D eigenvalue weighted by Gasteiger charge is 2.29. The van der Waals surface area contributed by atoms with Crippen LogP contribution in [0, 0.1) is 12.8 Å². The molecule has 0 fully saturated rings.